The number of nitrogens with zero attached hydrogens (tertiary/aromatic N) is 1. The molecule has 4 aromatic rings. The van der Waals surface area contributed by atoms with Gasteiger partial charge in [0.1, 0.15) is 18.2 Å². The molecule has 206 valence electrons. The van der Waals surface area contributed by atoms with E-state index in [1.54, 1.807) is 87.5 Å². The minimum absolute atomic E-state index is 0.161. The fourth-order valence-corrected chi connectivity index (χ4v) is 5.30. The van der Waals surface area contributed by atoms with Crippen LogP contribution in [0, 0.1) is 24.7 Å². The van der Waals surface area contributed by atoms with Crippen molar-refractivity contribution in [3.8, 4) is 23.0 Å². The zero-order valence-corrected chi connectivity index (χ0v) is 22.8. The van der Waals surface area contributed by atoms with Gasteiger partial charge in [-0.15, -0.1) is 0 Å². The Balaban J connectivity index is 1.53. The van der Waals surface area contributed by atoms with E-state index >= 15 is 0 Å². The van der Waals surface area contributed by atoms with E-state index < -0.39 is 35.1 Å². The third kappa shape index (κ3) is 5.92. The summed E-state index contributed by atoms with van der Waals surface area (Å²) in [7, 11) is 0. The molecule has 0 aliphatic heterocycles. The average Bonchev–Trinajstić information content (AvgIpc) is 3.27. The van der Waals surface area contributed by atoms with E-state index in [4.69, 9.17) is 9.52 Å². The van der Waals surface area contributed by atoms with E-state index in [1.807, 2.05) is 0 Å². The van der Waals surface area contributed by atoms with Crippen LogP contribution in [0.25, 0.3) is 22.1 Å². The molecule has 40 heavy (non-hydrogen) atoms. The normalized spacial score (nSPS) is 12.4. The van der Waals surface area contributed by atoms with Crippen LogP contribution < -0.4 is 9.62 Å². The summed E-state index contributed by atoms with van der Waals surface area (Å²) in [6.45, 7) is 4.80. The summed E-state index contributed by atoms with van der Waals surface area (Å²) in [5, 5.41) is 22.1. The molecular formula is C30H27N2O7S-. The van der Waals surface area contributed by atoms with Gasteiger partial charge in [-0.2, -0.15) is 0 Å². The maximum atomic E-state index is 13.0. The summed E-state index contributed by atoms with van der Waals surface area (Å²) in [4.78, 5) is 24.7. The van der Waals surface area contributed by atoms with Crippen molar-refractivity contribution in [2.24, 2.45) is 5.92 Å². The van der Waals surface area contributed by atoms with Crippen LogP contribution in [0.3, 0.4) is 0 Å². The van der Waals surface area contributed by atoms with Gasteiger partial charge in [0.15, 0.2) is 5.76 Å². The van der Waals surface area contributed by atoms with Crippen LogP contribution >= 0.6 is 0 Å². The minimum Gasteiger partial charge on any atom is -0.755 e. The molecule has 0 saturated carbocycles. The minimum atomic E-state index is -2.77. The molecule has 1 amide bonds. The number of carbonyl (C=O) groups excluding carboxylic acids is 1. The number of aliphatic hydroxyl groups excluding tert-OH is 1. The molecular weight excluding hydrogens is 532 g/mol. The van der Waals surface area contributed by atoms with Gasteiger partial charge in [-0.1, -0.05) is 56.0 Å². The Morgan fingerprint density at radius 3 is 2.23 bits per heavy atom. The van der Waals surface area contributed by atoms with Crippen molar-refractivity contribution in [2.45, 2.75) is 26.8 Å². The van der Waals surface area contributed by atoms with Crippen LogP contribution in [-0.2, 0) is 16.1 Å². The summed E-state index contributed by atoms with van der Waals surface area (Å²) in [5.74, 6) is 3.57. The quantitative estimate of drug-likeness (QED) is 0.209. The Morgan fingerprint density at radius 1 is 1.05 bits per heavy atom. The highest BCUT2D eigenvalue weighted by Gasteiger charge is 2.30. The van der Waals surface area contributed by atoms with Crippen LogP contribution in [0.4, 0.5) is 11.4 Å². The molecule has 2 atom stereocenters. The predicted molar refractivity (Wildman–Crippen MR) is 152 cm³/mol. The van der Waals surface area contributed by atoms with Gasteiger partial charge < -0.3 is 24.5 Å². The molecule has 10 heteroatoms. The van der Waals surface area contributed by atoms with Crippen molar-refractivity contribution in [1.29, 1.82) is 0 Å². The van der Waals surface area contributed by atoms with Gasteiger partial charge in [0.25, 0.3) is 5.91 Å². The Bertz CT molecular complexity index is 1630. The van der Waals surface area contributed by atoms with E-state index in [9.17, 15) is 23.5 Å². The van der Waals surface area contributed by atoms with Gasteiger partial charge in [0.2, 0.25) is 0 Å². The van der Waals surface area contributed by atoms with Crippen LogP contribution in [-0.4, -0.2) is 43.5 Å². The fourth-order valence-electron chi connectivity index (χ4n) is 4.49. The Kier molecular flexibility index (Phi) is 8.70. The number of fused-ring (bicyclic) bond motifs is 1. The second-order valence-electron chi connectivity index (χ2n) is 9.34. The van der Waals surface area contributed by atoms with Crippen LogP contribution in [0.5, 0.6) is 0 Å². The van der Waals surface area contributed by atoms with E-state index in [0.29, 0.717) is 22.4 Å². The zero-order chi connectivity index (χ0) is 29.0. The lowest BCUT2D eigenvalue weighted by Gasteiger charge is -2.34. The lowest BCUT2D eigenvalue weighted by molar-refractivity contribution is -0.139. The molecule has 4 rings (SSSR count). The van der Waals surface area contributed by atoms with Crippen molar-refractivity contribution < 1.29 is 33.0 Å². The molecule has 0 bridgehead atoms. The third-order valence-electron chi connectivity index (χ3n) is 6.36. The molecule has 0 aliphatic rings. The molecule has 1 aromatic heterocycles. The number of aliphatic hydroxyl groups is 1. The van der Waals surface area contributed by atoms with E-state index in [-0.39, 0.29) is 18.1 Å². The Hall–Kier alpha value is -4.43. The Morgan fingerprint density at radius 2 is 1.68 bits per heavy atom. The zero-order valence-electron chi connectivity index (χ0n) is 22.0. The van der Waals surface area contributed by atoms with Gasteiger partial charge in [-0.05, 0) is 60.4 Å². The summed E-state index contributed by atoms with van der Waals surface area (Å²) < 4.78 is 30.4. The van der Waals surface area contributed by atoms with Gasteiger partial charge in [-0.25, -0.2) is 4.79 Å². The predicted octanol–water partition coefficient (Wildman–Crippen LogP) is 4.71. The summed E-state index contributed by atoms with van der Waals surface area (Å²) >= 11 is -2.77. The van der Waals surface area contributed by atoms with Crippen LogP contribution in [0.1, 0.15) is 35.5 Å². The number of benzene rings is 3. The molecule has 1 heterocycles. The molecule has 3 aromatic carbocycles. The summed E-state index contributed by atoms with van der Waals surface area (Å²) in [6.07, 6.45) is 0. The number of rotatable bonds is 8. The molecule has 2 unspecified atom stereocenters. The van der Waals surface area contributed by atoms with Gasteiger partial charge in [0.05, 0.1) is 0 Å². The second-order valence-corrected chi connectivity index (χ2v) is 10.2. The second kappa shape index (κ2) is 12.2. The number of amides is 1. The lowest BCUT2D eigenvalue weighted by Crippen LogP contribution is -2.45. The average molecular weight is 560 g/mol. The van der Waals surface area contributed by atoms with Crippen LogP contribution in [0.15, 0.2) is 71.1 Å². The highest BCUT2D eigenvalue weighted by atomic mass is 32.2. The summed E-state index contributed by atoms with van der Waals surface area (Å²) in [6, 6.07) is 17.7. The lowest BCUT2D eigenvalue weighted by atomic mass is 10.0. The Labute approximate surface area is 233 Å². The number of aliphatic carboxylic acids is 1. The van der Waals surface area contributed by atoms with Crippen LogP contribution in [0.2, 0.25) is 0 Å². The summed E-state index contributed by atoms with van der Waals surface area (Å²) in [5.41, 5.74) is 4.20. The fraction of sp³-hybridized carbons (Fsp3) is 0.200. The van der Waals surface area contributed by atoms with Crippen molar-refractivity contribution in [2.75, 3.05) is 16.2 Å². The highest BCUT2D eigenvalue weighted by molar-refractivity contribution is 7.80. The number of aryl methyl sites for hydroxylation is 1. The molecule has 0 fully saturated rings. The van der Waals surface area contributed by atoms with E-state index in [0.717, 1.165) is 20.8 Å². The van der Waals surface area contributed by atoms with Crippen molar-refractivity contribution >= 4 is 45.5 Å². The number of hydrogen-bond acceptors (Lipinski definition) is 6. The maximum Gasteiger partial charge on any atom is 0.327 e. The van der Waals surface area contributed by atoms with Gasteiger partial charge >= 0.3 is 5.97 Å². The maximum absolute atomic E-state index is 13.0. The first-order chi connectivity index (χ1) is 19.1. The molecule has 0 aliphatic carbocycles. The van der Waals surface area contributed by atoms with Crippen molar-refractivity contribution in [3.63, 3.8) is 0 Å². The number of carbonyl (C=O) groups is 2. The van der Waals surface area contributed by atoms with Crippen molar-refractivity contribution in [3.05, 3.63) is 83.6 Å². The number of carboxylic acid groups (broad SMARTS) is 1. The standard InChI is InChI=1S/C30H28N2O7S/c1-18(2)27(30(35)36)32(40(37)38)24-15-11-21(12-16-24)20-9-13-23(14-10-20)31-29(34)28-19(3)26-22(7-5-17-33)6-4-8-25(26)39-28/h4,6,8-16,18,27,33H,17H2,1-3H3,(H,31,34)(H,35,36)(H,37,38)/p-1. The monoisotopic (exact) mass is 559 g/mol. The molecule has 0 saturated heterocycles. The smallest absolute Gasteiger partial charge is 0.327 e. The molecule has 0 spiro atoms. The number of anilines is 2. The van der Waals surface area contributed by atoms with Gasteiger partial charge in [-0.3, -0.25) is 13.3 Å². The third-order valence-corrected chi connectivity index (χ3v) is 7.12. The first-order valence-corrected chi connectivity index (χ1v) is 13.4. The van der Waals surface area contributed by atoms with E-state index in [1.165, 1.54) is 0 Å². The first-order valence-electron chi connectivity index (χ1n) is 12.4. The molecule has 0 radical (unpaired) electrons. The number of hydrogen-bond donors (Lipinski definition) is 3. The highest BCUT2D eigenvalue weighted by Crippen LogP contribution is 2.30. The van der Waals surface area contributed by atoms with Crippen molar-refractivity contribution in [1.82, 2.24) is 0 Å². The number of nitrogens with one attached hydrogen (secondary N) is 1. The van der Waals surface area contributed by atoms with E-state index in [2.05, 4.69) is 17.2 Å². The topological polar surface area (TPSA) is 143 Å². The molecule has 9 nitrogen and oxygen atoms in total. The first kappa shape index (κ1) is 28.6. The van der Waals surface area contributed by atoms with Gasteiger partial charge in [0, 0.05) is 39.2 Å². The molecule has 3 N–H and O–H groups in total. The largest absolute Gasteiger partial charge is 0.755 e. The number of furan rings is 1. The number of carboxylic acids is 1. The SMILES string of the molecule is Cc1c(C(=O)Nc2ccc(-c3ccc(N(C(C(=O)O)C(C)C)S(=O)[O-])cc3)cc2)oc2cccc(C#CCO)c12.